The van der Waals surface area contributed by atoms with Crippen LogP contribution in [0.1, 0.15) is 24.1 Å². The van der Waals surface area contributed by atoms with Crippen molar-refractivity contribution in [3.05, 3.63) is 71.0 Å². The van der Waals surface area contributed by atoms with Gasteiger partial charge in [0.25, 0.3) is 0 Å². The number of fused-ring (bicyclic) bond motifs is 1. The zero-order valence-electron chi connectivity index (χ0n) is 13.8. The summed E-state index contributed by atoms with van der Waals surface area (Å²) in [5, 5.41) is 13.5. The Morgan fingerprint density at radius 1 is 1.12 bits per heavy atom. The van der Waals surface area contributed by atoms with Crippen LogP contribution in [0.15, 0.2) is 59.8 Å². The molecule has 0 radical (unpaired) electrons. The van der Waals surface area contributed by atoms with Crippen molar-refractivity contribution in [2.24, 2.45) is 5.92 Å². The van der Waals surface area contributed by atoms with Gasteiger partial charge in [-0.25, -0.2) is 4.98 Å². The molecule has 5 heteroatoms. The summed E-state index contributed by atoms with van der Waals surface area (Å²) in [5.41, 5.74) is 5.89. The molecule has 1 atom stereocenters. The molecule has 126 valence electrons. The predicted octanol–water partition coefficient (Wildman–Crippen LogP) is 3.81. The number of nitrogens with one attached hydrogen (secondary N) is 3. The third-order valence-electron chi connectivity index (χ3n) is 4.86. The van der Waals surface area contributed by atoms with Crippen LogP contribution in [0.25, 0.3) is 11.1 Å². The normalized spacial score (nSPS) is 21.4. The van der Waals surface area contributed by atoms with Crippen molar-refractivity contribution in [2.75, 3.05) is 11.9 Å². The monoisotopic (exact) mass is 348 g/mol. The molecule has 0 saturated heterocycles. The SMILES string of the molecule is C1=C(c2ccccc2)C=C2C(c3csc(NCC4CC4)n3)=CNC2N1. The Hall–Kier alpha value is -2.53. The van der Waals surface area contributed by atoms with Gasteiger partial charge in [0.1, 0.15) is 6.17 Å². The number of aromatic nitrogens is 1. The molecule has 1 saturated carbocycles. The highest BCUT2D eigenvalue weighted by Gasteiger charge is 2.28. The van der Waals surface area contributed by atoms with Gasteiger partial charge in [0, 0.05) is 35.5 Å². The highest BCUT2D eigenvalue weighted by molar-refractivity contribution is 7.13. The zero-order valence-corrected chi connectivity index (χ0v) is 14.6. The van der Waals surface area contributed by atoms with Crippen LogP contribution in [-0.4, -0.2) is 17.7 Å². The topological polar surface area (TPSA) is 49.0 Å². The maximum Gasteiger partial charge on any atom is 0.183 e. The number of hydrogen-bond acceptors (Lipinski definition) is 5. The first-order valence-electron chi connectivity index (χ1n) is 8.76. The second-order valence-corrected chi connectivity index (χ2v) is 7.61. The highest BCUT2D eigenvalue weighted by Crippen LogP contribution is 2.35. The minimum Gasteiger partial charge on any atom is -0.367 e. The summed E-state index contributed by atoms with van der Waals surface area (Å²) in [4.78, 5) is 4.79. The molecule has 0 spiro atoms. The van der Waals surface area contributed by atoms with Gasteiger partial charge in [0.2, 0.25) is 0 Å². The Labute approximate surface area is 151 Å². The Kier molecular flexibility index (Phi) is 3.59. The van der Waals surface area contributed by atoms with Gasteiger partial charge in [-0.1, -0.05) is 30.3 Å². The Morgan fingerprint density at radius 2 is 1.96 bits per heavy atom. The first-order chi connectivity index (χ1) is 12.4. The average molecular weight is 348 g/mol. The van der Waals surface area contributed by atoms with Gasteiger partial charge < -0.3 is 16.0 Å². The van der Waals surface area contributed by atoms with Crippen molar-refractivity contribution < 1.29 is 0 Å². The quantitative estimate of drug-likeness (QED) is 0.769. The number of thiazole rings is 1. The van der Waals surface area contributed by atoms with Crippen molar-refractivity contribution in [2.45, 2.75) is 19.0 Å². The molecule has 3 aliphatic rings. The summed E-state index contributed by atoms with van der Waals surface area (Å²) in [6, 6.07) is 10.5. The summed E-state index contributed by atoms with van der Waals surface area (Å²) in [7, 11) is 0. The molecular weight excluding hydrogens is 328 g/mol. The second-order valence-electron chi connectivity index (χ2n) is 6.75. The molecule has 1 aliphatic carbocycles. The Balaban J connectivity index is 1.39. The fourth-order valence-electron chi connectivity index (χ4n) is 3.23. The molecule has 3 N–H and O–H groups in total. The van der Waals surface area contributed by atoms with E-state index < -0.39 is 0 Å². The molecule has 2 aliphatic heterocycles. The van der Waals surface area contributed by atoms with Gasteiger partial charge in [-0.05, 0) is 36.0 Å². The van der Waals surface area contributed by atoms with E-state index in [1.807, 2.05) is 6.07 Å². The molecule has 0 amide bonds. The molecule has 1 fully saturated rings. The molecular formula is C20H20N4S. The van der Waals surface area contributed by atoms with Gasteiger partial charge in [-0.3, -0.25) is 0 Å². The zero-order chi connectivity index (χ0) is 16.6. The lowest BCUT2D eigenvalue weighted by atomic mass is 9.96. The van der Waals surface area contributed by atoms with E-state index in [0.29, 0.717) is 0 Å². The maximum absolute atomic E-state index is 4.79. The fraction of sp³-hybridized carbons (Fsp3) is 0.250. The van der Waals surface area contributed by atoms with E-state index in [0.717, 1.165) is 23.3 Å². The molecule has 1 unspecified atom stereocenters. The predicted molar refractivity (Wildman–Crippen MR) is 104 cm³/mol. The van der Waals surface area contributed by atoms with Crippen molar-refractivity contribution in [1.29, 1.82) is 0 Å². The third-order valence-corrected chi connectivity index (χ3v) is 5.66. The van der Waals surface area contributed by atoms with Crippen molar-refractivity contribution in [1.82, 2.24) is 15.6 Å². The lowest BCUT2D eigenvalue weighted by Gasteiger charge is -2.21. The number of hydrogen-bond donors (Lipinski definition) is 3. The standard InChI is InChI=1S/C20H20N4S/c1-2-4-14(5-3-1)15-8-16-17(11-22-19(16)21-10-15)18-12-25-20(24-18)23-9-13-6-7-13/h1-5,8,10-13,19,21-22H,6-7,9H2,(H,23,24). The summed E-state index contributed by atoms with van der Waals surface area (Å²) in [5.74, 6) is 0.855. The van der Waals surface area contributed by atoms with Gasteiger partial charge in [-0.15, -0.1) is 11.3 Å². The number of dihydropyridines is 1. The number of nitrogens with zero attached hydrogens (tertiary/aromatic N) is 1. The smallest absolute Gasteiger partial charge is 0.183 e. The number of anilines is 1. The molecule has 25 heavy (non-hydrogen) atoms. The molecule has 2 aromatic rings. The molecule has 1 aromatic heterocycles. The summed E-state index contributed by atoms with van der Waals surface area (Å²) >= 11 is 1.69. The molecule has 4 nitrogen and oxygen atoms in total. The van der Waals surface area contributed by atoms with Crippen molar-refractivity contribution >= 4 is 27.6 Å². The lowest BCUT2D eigenvalue weighted by molar-refractivity contribution is 0.636. The van der Waals surface area contributed by atoms with Crippen LogP contribution in [0.5, 0.6) is 0 Å². The van der Waals surface area contributed by atoms with Crippen molar-refractivity contribution in [3.63, 3.8) is 0 Å². The van der Waals surface area contributed by atoms with E-state index in [2.05, 4.69) is 64.1 Å². The molecule has 1 aromatic carbocycles. The van der Waals surface area contributed by atoms with Crippen molar-refractivity contribution in [3.8, 4) is 0 Å². The Bertz CT molecular complexity index is 874. The summed E-state index contributed by atoms with van der Waals surface area (Å²) in [6.45, 7) is 1.05. The molecule has 0 bridgehead atoms. The van der Waals surface area contributed by atoms with Crippen LogP contribution in [-0.2, 0) is 0 Å². The second kappa shape index (κ2) is 6.08. The highest BCUT2D eigenvalue weighted by atomic mass is 32.1. The number of rotatable bonds is 5. The maximum atomic E-state index is 4.79. The van der Waals surface area contributed by atoms with E-state index in [9.17, 15) is 0 Å². The van der Waals surface area contributed by atoms with Crippen LogP contribution >= 0.6 is 11.3 Å². The largest absolute Gasteiger partial charge is 0.367 e. The Morgan fingerprint density at radius 3 is 2.80 bits per heavy atom. The van der Waals surface area contributed by atoms with Gasteiger partial charge in [0.05, 0.1) is 5.69 Å². The van der Waals surface area contributed by atoms with Crippen LogP contribution < -0.4 is 16.0 Å². The molecule has 3 heterocycles. The first kappa shape index (κ1) is 14.8. The van der Waals surface area contributed by atoms with E-state index in [4.69, 9.17) is 4.98 Å². The van der Waals surface area contributed by atoms with Crippen LogP contribution in [0, 0.1) is 5.92 Å². The fourth-order valence-corrected chi connectivity index (χ4v) is 3.95. The van der Waals surface area contributed by atoms with Crippen LogP contribution in [0.4, 0.5) is 5.13 Å². The lowest BCUT2D eigenvalue weighted by Crippen LogP contribution is -2.36. The van der Waals surface area contributed by atoms with E-state index >= 15 is 0 Å². The van der Waals surface area contributed by atoms with Crippen LogP contribution in [0.3, 0.4) is 0 Å². The molecule has 5 rings (SSSR count). The first-order valence-corrected chi connectivity index (χ1v) is 9.64. The minimum atomic E-state index is 0.132. The van der Waals surface area contributed by atoms with Gasteiger partial charge in [-0.2, -0.15) is 0 Å². The van der Waals surface area contributed by atoms with E-state index in [-0.39, 0.29) is 6.17 Å². The van der Waals surface area contributed by atoms with Gasteiger partial charge >= 0.3 is 0 Å². The van der Waals surface area contributed by atoms with Crippen LogP contribution in [0.2, 0.25) is 0 Å². The number of benzene rings is 1. The minimum absolute atomic E-state index is 0.132. The third kappa shape index (κ3) is 2.96. The average Bonchev–Trinajstić information content (AvgIpc) is 3.21. The van der Waals surface area contributed by atoms with Gasteiger partial charge in [0.15, 0.2) is 5.13 Å². The summed E-state index contributed by atoms with van der Waals surface area (Å²) < 4.78 is 0. The van der Waals surface area contributed by atoms with E-state index in [1.165, 1.54) is 35.1 Å². The number of allylic oxidation sites excluding steroid dienone is 2. The summed E-state index contributed by atoms with van der Waals surface area (Å²) in [6.07, 6.45) is 9.26. The van der Waals surface area contributed by atoms with E-state index in [1.54, 1.807) is 11.3 Å².